The maximum atomic E-state index is 11.5. The van der Waals surface area contributed by atoms with E-state index in [2.05, 4.69) is 0 Å². The number of likely N-dealkylation sites (tertiary alicyclic amines) is 1. The normalized spacial score (nSPS) is 26.9. The summed E-state index contributed by atoms with van der Waals surface area (Å²) in [5.41, 5.74) is 0. The molecule has 0 saturated carbocycles. The second kappa shape index (κ2) is 5.29. The summed E-state index contributed by atoms with van der Waals surface area (Å²) in [5.74, 6) is -0.0194. The Morgan fingerprint density at radius 1 is 1.21 bits per heavy atom. The van der Waals surface area contributed by atoms with Crippen molar-refractivity contribution in [1.29, 1.82) is 0 Å². The Morgan fingerprint density at radius 2 is 1.71 bits per heavy atom. The van der Waals surface area contributed by atoms with Gasteiger partial charge in [-0.3, -0.25) is 4.79 Å². The molecule has 0 spiro atoms. The maximum Gasteiger partial charge on any atom is 0.248 e. The zero-order valence-electron chi connectivity index (χ0n) is 8.86. The Kier molecular flexibility index (Phi) is 4.31. The second-order valence-corrected chi connectivity index (χ2v) is 3.28. The number of hydrogen-bond donors (Lipinski definition) is 0. The van der Waals surface area contributed by atoms with Gasteiger partial charge < -0.3 is 19.1 Å². The lowest BCUT2D eigenvalue weighted by atomic mass is 10.3. The fourth-order valence-corrected chi connectivity index (χ4v) is 1.62. The Bertz CT molecular complexity index is 185. The average molecular weight is 203 g/mol. The molecule has 14 heavy (non-hydrogen) atoms. The molecule has 2 unspecified atom stereocenters. The highest BCUT2D eigenvalue weighted by atomic mass is 16.5. The van der Waals surface area contributed by atoms with Crippen LogP contribution in [-0.2, 0) is 19.0 Å². The molecule has 0 bridgehead atoms. The van der Waals surface area contributed by atoms with E-state index >= 15 is 0 Å². The van der Waals surface area contributed by atoms with E-state index in [4.69, 9.17) is 14.2 Å². The van der Waals surface area contributed by atoms with Gasteiger partial charge in [-0.05, 0) is 0 Å². The van der Waals surface area contributed by atoms with Crippen LogP contribution in [-0.4, -0.2) is 64.0 Å². The van der Waals surface area contributed by atoms with Crippen LogP contribution in [0.2, 0.25) is 0 Å². The van der Waals surface area contributed by atoms with Crippen molar-refractivity contribution in [2.45, 2.75) is 12.2 Å². The first-order chi connectivity index (χ1) is 6.72. The summed E-state index contributed by atoms with van der Waals surface area (Å²) in [4.78, 5) is 13.2. The van der Waals surface area contributed by atoms with E-state index in [-0.39, 0.29) is 24.7 Å². The molecule has 0 radical (unpaired) electrons. The summed E-state index contributed by atoms with van der Waals surface area (Å²) in [6.07, 6.45) is -0.0541. The molecular formula is C9H17NO4. The smallest absolute Gasteiger partial charge is 0.248 e. The summed E-state index contributed by atoms with van der Waals surface area (Å²) in [7, 11) is 4.76. The van der Waals surface area contributed by atoms with Gasteiger partial charge in [0.1, 0.15) is 18.8 Å². The number of rotatable bonds is 4. The molecule has 0 aromatic heterocycles. The fraction of sp³-hybridized carbons (Fsp3) is 0.889. The van der Waals surface area contributed by atoms with Crippen molar-refractivity contribution in [1.82, 2.24) is 4.90 Å². The minimum atomic E-state index is -0.0270. The molecule has 1 heterocycles. The summed E-state index contributed by atoms with van der Waals surface area (Å²) in [6, 6.07) is 0. The SMILES string of the molecule is COCC(=O)N1CC(OC)C(OC)C1. The average Bonchev–Trinajstić information content (AvgIpc) is 2.61. The summed E-state index contributed by atoms with van der Waals surface area (Å²) in [5, 5.41) is 0. The third-order valence-electron chi connectivity index (χ3n) is 2.44. The molecule has 1 rings (SSSR count). The van der Waals surface area contributed by atoms with Gasteiger partial charge in [0.15, 0.2) is 0 Å². The topological polar surface area (TPSA) is 48.0 Å². The van der Waals surface area contributed by atoms with Crippen LogP contribution < -0.4 is 0 Å². The van der Waals surface area contributed by atoms with Gasteiger partial charge in [0.05, 0.1) is 0 Å². The number of methoxy groups -OCH3 is 3. The molecule has 1 saturated heterocycles. The number of amides is 1. The minimum Gasteiger partial charge on any atom is -0.377 e. The number of carbonyl (C=O) groups excluding carboxylic acids is 1. The van der Waals surface area contributed by atoms with Gasteiger partial charge in [-0.2, -0.15) is 0 Å². The summed E-state index contributed by atoms with van der Waals surface area (Å²) in [6.45, 7) is 1.28. The summed E-state index contributed by atoms with van der Waals surface area (Å²) >= 11 is 0. The van der Waals surface area contributed by atoms with Crippen LogP contribution in [0.3, 0.4) is 0 Å². The van der Waals surface area contributed by atoms with Crippen molar-refractivity contribution in [3.63, 3.8) is 0 Å². The number of hydrogen-bond acceptors (Lipinski definition) is 4. The molecule has 82 valence electrons. The van der Waals surface area contributed by atoms with Gasteiger partial charge in [0, 0.05) is 34.4 Å². The van der Waals surface area contributed by atoms with E-state index in [1.165, 1.54) is 7.11 Å². The van der Waals surface area contributed by atoms with E-state index in [1.807, 2.05) is 0 Å². The zero-order valence-corrected chi connectivity index (χ0v) is 8.86. The number of ether oxygens (including phenoxy) is 3. The van der Waals surface area contributed by atoms with Crippen molar-refractivity contribution in [3.05, 3.63) is 0 Å². The Morgan fingerprint density at radius 3 is 2.07 bits per heavy atom. The van der Waals surface area contributed by atoms with Crippen LogP contribution in [0, 0.1) is 0 Å². The quantitative estimate of drug-likeness (QED) is 0.618. The molecule has 1 amide bonds. The molecule has 1 fully saturated rings. The molecule has 0 aromatic carbocycles. The molecule has 0 aliphatic carbocycles. The van der Waals surface area contributed by atoms with Crippen LogP contribution in [0.4, 0.5) is 0 Å². The predicted octanol–water partition coefficient (Wildman–Crippen LogP) is -0.495. The number of nitrogens with zero attached hydrogens (tertiary/aromatic N) is 1. The lowest BCUT2D eigenvalue weighted by Gasteiger charge is -2.14. The van der Waals surface area contributed by atoms with Crippen molar-refractivity contribution in [3.8, 4) is 0 Å². The minimum absolute atomic E-state index is 0.0194. The molecule has 2 atom stereocenters. The molecule has 5 heteroatoms. The Balaban J connectivity index is 2.48. The van der Waals surface area contributed by atoms with Crippen molar-refractivity contribution in [2.75, 3.05) is 41.0 Å². The van der Waals surface area contributed by atoms with E-state index in [0.717, 1.165) is 0 Å². The first-order valence-electron chi connectivity index (χ1n) is 4.55. The Labute approximate surface area is 83.9 Å². The molecule has 0 aromatic rings. The molecule has 1 aliphatic heterocycles. The zero-order chi connectivity index (χ0) is 10.6. The molecule has 0 N–H and O–H groups in total. The molecule has 5 nitrogen and oxygen atoms in total. The first kappa shape index (κ1) is 11.4. The van der Waals surface area contributed by atoms with Crippen molar-refractivity contribution >= 4 is 5.91 Å². The van der Waals surface area contributed by atoms with Gasteiger partial charge in [0.25, 0.3) is 0 Å². The maximum absolute atomic E-state index is 11.5. The highest BCUT2D eigenvalue weighted by molar-refractivity contribution is 5.77. The van der Waals surface area contributed by atoms with Crippen LogP contribution in [0.5, 0.6) is 0 Å². The van der Waals surface area contributed by atoms with E-state index in [0.29, 0.717) is 13.1 Å². The second-order valence-electron chi connectivity index (χ2n) is 3.28. The van der Waals surface area contributed by atoms with Crippen LogP contribution in [0.1, 0.15) is 0 Å². The van der Waals surface area contributed by atoms with E-state index < -0.39 is 0 Å². The highest BCUT2D eigenvalue weighted by Crippen LogP contribution is 2.15. The molecular weight excluding hydrogens is 186 g/mol. The predicted molar refractivity (Wildman–Crippen MR) is 50.1 cm³/mol. The van der Waals surface area contributed by atoms with Gasteiger partial charge in [-0.1, -0.05) is 0 Å². The lowest BCUT2D eigenvalue weighted by Crippen LogP contribution is -2.32. The van der Waals surface area contributed by atoms with E-state index in [9.17, 15) is 4.79 Å². The third kappa shape index (κ3) is 2.43. The largest absolute Gasteiger partial charge is 0.377 e. The van der Waals surface area contributed by atoms with Crippen LogP contribution in [0.25, 0.3) is 0 Å². The third-order valence-corrected chi connectivity index (χ3v) is 2.44. The number of carbonyl (C=O) groups is 1. The lowest BCUT2D eigenvalue weighted by molar-refractivity contribution is -0.134. The van der Waals surface area contributed by atoms with Crippen LogP contribution in [0.15, 0.2) is 0 Å². The van der Waals surface area contributed by atoms with Crippen LogP contribution >= 0.6 is 0 Å². The highest BCUT2D eigenvalue weighted by Gasteiger charge is 2.35. The van der Waals surface area contributed by atoms with E-state index in [1.54, 1.807) is 19.1 Å². The fourth-order valence-electron chi connectivity index (χ4n) is 1.62. The molecule has 1 aliphatic rings. The van der Waals surface area contributed by atoms with Gasteiger partial charge in [-0.15, -0.1) is 0 Å². The monoisotopic (exact) mass is 203 g/mol. The first-order valence-corrected chi connectivity index (χ1v) is 4.55. The van der Waals surface area contributed by atoms with Crippen molar-refractivity contribution < 1.29 is 19.0 Å². The standard InChI is InChI=1S/C9H17NO4/c1-12-6-9(11)10-4-7(13-2)8(5-10)14-3/h7-8H,4-6H2,1-3H3. The Hall–Kier alpha value is -0.650. The summed E-state index contributed by atoms with van der Waals surface area (Å²) < 4.78 is 15.2. The van der Waals surface area contributed by atoms with Gasteiger partial charge >= 0.3 is 0 Å². The van der Waals surface area contributed by atoms with Gasteiger partial charge in [0.2, 0.25) is 5.91 Å². The van der Waals surface area contributed by atoms with Crippen molar-refractivity contribution in [2.24, 2.45) is 0 Å². The van der Waals surface area contributed by atoms with Gasteiger partial charge in [-0.25, -0.2) is 0 Å².